The van der Waals surface area contributed by atoms with Crippen LogP contribution in [0.5, 0.6) is 0 Å². The van der Waals surface area contributed by atoms with Crippen LogP contribution in [0.15, 0.2) is 60.9 Å². The summed E-state index contributed by atoms with van der Waals surface area (Å²) >= 11 is 0. The summed E-state index contributed by atoms with van der Waals surface area (Å²) in [5, 5.41) is 7.92. The lowest BCUT2D eigenvalue weighted by Crippen LogP contribution is -2.43. The van der Waals surface area contributed by atoms with Gasteiger partial charge in [-0.15, -0.1) is 0 Å². The molecule has 1 aromatic heterocycles. The zero-order chi connectivity index (χ0) is 22.0. The van der Waals surface area contributed by atoms with E-state index in [0.29, 0.717) is 28.3 Å². The van der Waals surface area contributed by atoms with Gasteiger partial charge in [0.25, 0.3) is 5.91 Å². The number of hydrogen-bond donors (Lipinski definition) is 3. The summed E-state index contributed by atoms with van der Waals surface area (Å²) < 4.78 is 1.63. The number of nitrogens with one attached hydrogen (secondary N) is 3. The lowest BCUT2D eigenvalue weighted by Gasteiger charge is -2.14. The van der Waals surface area contributed by atoms with E-state index in [9.17, 15) is 19.2 Å². The highest BCUT2D eigenvalue weighted by Crippen LogP contribution is 2.19. The summed E-state index contributed by atoms with van der Waals surface area (Å²) in [5.41, 5.74) is 1.64. The molecule has 9 heteroatoms. The fourth-order valence-corrected chi connectivity index (χ4v) is 3.27. The van der Waals surface area contributed by atoms with E-state index in [4.69, 9.17) is 0 Å². The first-order chi connectivity index (χ1) is 14.9. The van der Waals surface area contributed by atoms with E-state index in [0.717, 1.165) is 0 Å². The minimum atomic E-state index is -1.01. The molecule has 0 aliphatic carbocycles. The van der Waals surface area contributed by atoms with Crippen molar-refractivity contribution in [2.45, 2.75) is 12.5 Å². The standard InChI is InChI=1S/C22H19N5O4/c1-27-11-10-23-20(27)19(29)13-6-8-14(9-7-13)24-18(28)12-17-22(31)25-16-5-3-2-4-15(16)21(30)26-17/h2-11,17H,12H2,1H3,(H,24,28)(H,25,31)(H,26,30). The van der Waals surface area contributed by atoms with Crippen LogP contribution in [0.4, 0.5) is 11.4 Å². The summed E-state index contributed by atoms with van der Waals surface area (Å²) in [6.07, 6.45) is 2.99. The second-order valence-electron chi connectivity index (χ2n) is 7.08. The molecule has 31 heavy (non-hydrogen) atoms. The normalized spacial score (nSPS) is 15.3. The van der Waals surface area contributed by atoms with Crippen LogP contribution in [0, 0.1) is 0 Å². The Bertz CT molecular complexity index is 1180. The number of anilines is 2. The van der Waals surface area contributed by atoms with Crippen LogP contribution < -0.4 is 16.0 Å². The number of para-hydroxylation sites is 1. The molecule has 0 saturated carbocycles. The van der Waals surface area contributed by atoms with Crippen molar-refractivity contribution in [2.75, 3.05) is 10.6 Å². The van der Waals surface area contributed by atoms with E-state index in [1.165, 1.54) is 0 Å². The topological polar surface area (TPSA) is 122 Å². The predicted octanol–water partition coefficient (Wildman–Crippen LogP) is 1.73. The molecule has 0 spiro atoms. The van der Waals surface area contributed by atoms with Gasteiger partial charge in [-0.3, -0.25) is 19.2 Å². The van der Waals surface area contributed by atoms with Crippen LogP contribution in [-0.2, 0) is 16.6 Å². The fraction of sp³-hybridized carbons (Fsp3) is 0.136. The number of carbonyl (C=O) groups excluding carboxylic acids is 4. The Morgan fingerprint density at radius 1 is 1.10 bits per heavy atom. The Hall–Kier alpha value is -4.27. The zero-order valence-corrected chi connectivity index (χ0v) is 16.6. The number of aryl methyl sites for hydroxylation is 1. The van der Waals surface area contributed by atoms with Crippen LogP contribution in [0.3, 0.4) is 0 Å². The van der Waals surface area contributed by atoms with Gasteiger partial charge in [-0.25, -0.2) is 4.98 Å². The van der Waals surface area contributed by atoms with Gasteiger partial charge in [0.1, 0.15) is 6.04 Å². The van der Waals surface area contributed by atoms with Crippen molar-refractivity contribution >= 4 is 34.9 Å². The summed E-state index contributed by atoms with van der Waals surface area (Å²) in [7, 11) is 1.73. The SMILES string of the molecule is Cn1ccnc1C(=O)c1ccc(NC(=O)CC2NC(=O)c3ccccc3NC2=O)cc1. The molecule has 156 valence electrons. The van der Waals surface area contributed by atoms with Crippen molar-refractivity contribution in [2.24, 2.45) is 7.05 Å². The molecule has 0 saturated heterocycles. The maximum atomic E-state index is 12.5. The molecule has 9 nitrogen and oxygen atoms in total. The van der Waals surface area contributed by atoms with Gasteiger partial charge < -0.3 is 20.5 Å². The van der Waals surface area contributed by atoms with E-state index in [1.54, 1.807) is 72.5 Å². The first-order valence-corrected chi connectivity index (χ1v) is 9.55. The molecule has 1 atom stereocenters. The molecule has 1 unspecified atom stereocenters. The van der Waals surface area contributed by atoms with Crippen molar-refractivity contribution in [3.05, 3.63) is 77.9 Å². The third-order valence-corrected chi connectivity index (χ3v) is 4.90. The van der Waals surface area contributed by atoms with Gasteiger partial charge in [0.05, 0.1) is 17.7 Å². The molecule has 0 fully saturated rings. The highest BCUT2D eigenvalue weighted by atomic mass is 16.2. The average Bonchev–Trinajstić information content (AvgIpc) is 3.14. The maximum Gasteiger partial charge on any atom is 0.254 e. The molecule has 3 N–H and O–H groups in total. The molecular formula is C22H19N5O4. The highest BCUT2D eigenvalue weighted by Gasteiger charge is 2.29. The molecule has 1 aliphatic rings. The highest BCUT2D eigenvalue weighted by molar-refractivity contribution is 6.11. The van der Waals surface area contributed by atoms with Crippen LogP contribution >= 0.6 is 0 Å². The second kappa shape index (κ2) is 8.23. The Morgan fingerprint density at radius 2 is 1.84 bits per heavy atom. The maximum absolute atomic E-state index is 12.5. The largest absolute Gasteiger partial charge is 0.340 e. The van der Waals surface area contributed by atoms with E-state index in [2.05, 4.69) is 20.9 Å². The molecule has 2 aromatic carbocycles. The molecule has 1 aliphatic heterocycles. The lowest BCUT2D eigenvalue weighted by molar-refractivity contribution is -0.122. The minimum absolute atomic E-state index is 0.234. The van der Waals surface area contributed by atoms with E-state index < -0.39 is 23.8 Å². The number of imidazole rings is 1. The summed E-state index contributed by atoms with van der Waals surface area (Å²) in [4.78, 5) is 53.7. The fourth-order valence-electron chi connectivity index (χ4n) is 3.27. The average molecular weight is 417 g/mol. The van der Waals surface area contributed by atoms with Crippen molar-refractivity contribution in [1.29, 1.82) is 0 Å². The minimum Gasteiger partial charge on any atom is -0.340 e. The van der Waals surface area contributed by atoms with Crippen LogP contribution in [-0.4, -0.2) is 39.1 Å². The number of fused-ring (bicyclic) bond motifs is 1. The summed E-state index contributed by atoms with van der Waals surface area (Å²) in [6.45, 7) is 0. The number of rotatable bonds is 5. The van der Waals surface area contributed by atoms with Gasteiger partial charge in [-0.1, -0.05) is 12.1 Å². The molecule has 0 bridgehead atoms. The summed E-state index contributed by atoms with van der Waals surface area (Å²) in [5.74, 6) is -1.27. The molecule has 3 aromatic rings. The van der Waals surface area contributed by atoms with Gasteiger partial charge in [-0.05, 0) is 36.4 Å². The van der Waals surface area contributed by atoms with E-state index >= 15 is 0 Å². The second-order valence-corrected chi connectivity index (χ2v) is 7.08. The number of carbonyl (C=O) groups is 4. The lowest BCUT2D eigenvalue weighted by atomic mass is 10.1. The molecule has 3 amide bonds. The number of ketones is 1. The Morgan fingerprint density at radius 3 is 2.55 bits per heavy atom. The van der Waals surface area contributed by atoms with Crippen molar-refractivity contribution in [3.63, 3.8) is 0 Å². The first kappa shape index (κ1) is 20.0. The van der Waals surface area contributed by atoms with Crippen molar-refractivity contribution < 1.29 is 19.2 Å². The Balaban J connectivity index is 1.40. The third kappa shape index (κ3) is 4.20. The smallest absolute Gasteiger partial charge is 0.254 e. The number of aromatic nitrogens is 2. The first-order valence-electron chi connectivity index (χ1n) is 9.55. The van der Waals surface area contributed by atoms with E-state index in [-0.39, 0.29) is 12.2 Å². The van der Waals surface area contributed by atoms with Crippen LogP contribution in [0.1, 0.15) is 33.0 Å². The van der Waals surface area contributed by atoms with Crippen LogP contribution in [0.25, 0.3) is 0 Å². The third-order valence-electron chi connectivity index (χ3n) is 4.90. The van der Waals surface area contributed by atoms with Gasteiger partial charge in [-0.2, -0.15) is 0 Å². The van der Waals surface area contributed by atoms with E-state index in [1.807, 2.05) is 0 Å². The number of nitrogens with zero attached hydrogens (tertiary/aromatic N) is 2. The van der Waals surface area contributed by atoms with Crippen LogP contribution in [0.2, 0.25) is 0 Å². The molecular weight excluding hydrogens is 398 g/mol. The Labute approximate surface area is 177 Å². The van der Waals surface area contributed by atoms with Crippen molar-refractivity contribution in [1.82, 2.24) is 14.9 Å². The monoisotopic (exact) mass is 417 g/mol. The quantitative estimate of drug-likeness (QED) is 0.546. The van der Waals surface area contributed by atoms with Gasteiger partial charge in [0.2, 0.25) is 17.6 Å². The predicted molar refractivity (Wildman–Crippen MR) is 113 cm³/mol. The number of hydrogen-bond acceptors (Lipinski definition) is 5. The van der Waals surface area contributed by atoms with Gasteiger partial charge >= 0.3 is 0 Å². The summed E-state index contributed by atoms with van der Waals surface area (Å²) in [6, 6.07) is 12.0. The van der Waals surface area contributed by atoms with Gasteiger partial charge in [0, 0.05) is 30.7 Å². The number of benzene rings is 2. The molecule has 2 heterocycles. The van der Waals surface area contributed by atoms with Crippen molar-refractivity contribution in [3.8, 4) is 0 Å². The molecule has 0 radical (unpaired) electrons. The zero-order valence-electron chi connectivity index (χ0n) is 16.6. The molecule has 4 rings (SSSR count). The number of amides is 3. The van der Waals surface area contributed by atoms with Gasteiger partial charge in [0.15, 0.2) is 5.82 Å². The Kier molecular flexibility index (Phi) is 5.31.